The molecule has 1 unspecified atom stereocenters. The Morgan fingerprint density at radius 3 is 3.17 bits per heavy atom. The number of nitrogens with two attached hydrogens (primary N) is 1. The molecule has 0 spiro atoms. The average Bonchev–Trinajstić information content (AvgIpc) is 2.40. The molecule has 98 valence electrons. The summed E-state index contributed by atoms with van der Waals surface area (Å²) in [6, 6.07) is 3.89. The molecule has 1 aliphatic rings. The van der Waals surface area contributed by atoms with Gasteiger partial charge in [-0.25, -0.2) is 4.98 Å². The quantitative estimate of drug-likeness (QED) is 0.825. The number of rotatable bonds is 4. The largest absolute Gasteiger partial charge is 0.366 e. The van der Waals surface area contributed by atoms with Gasteiger partial charge in [-0.1, -0.05) is 0 Å². The lowest BCUT2D eigenvalue weighted by atomic mass is 10.0. The van der Waals surface area contributed by atoms with Crippen LogP contribution in [0.2, 0.25) is 0 Å². The lowest BCUT2D eigenvalue weighted by molar-refractivity contribution is 0.1000. The van der Waals surface area contributed by atoms with Crippen molar-refractivity contribution in [3.05, 3.63) is 23.9 Å². The Balaban J connectivity index is 2.22. The van der Waals surface area contributed by atoms with E-state index in [1.54, 1.807) is 18.3 Å². The normalized spacial score (nSPS) is 19.8. The van der Waals surface area contributed by atoms with Gasteiger partial charge in [0.1, 0.15) is 5.82 Å². The summed E-state index contributed by atoms with van der Waals surface area (Å²) in [6.07, 6.45) is 5.23. The molecule has 1 fully saturated rings. The zero-order valence-corrected chi connectivity index (χ0v) is 10.7. The summed E-state index contributed by atoms with van der Waals surface area (Å²) in [4.78, 5) is 17.8. The van der Waals surface area contributed by atoms with Gasteiger partial charge < -0.3 is 16.0 Å². The number of piperidine rings is 1. The highest BCUT2D eigenvalue weighted by Gasteiger charge is 2.23. The number of hydrogen-bond acceptors (Lipinski definition) is 4. The smallest absolute Gasteiger partial charge is 0.248 e. The summed E-state index contributed by atoms with van der Waals surface area (Å²) in [5.74, 6) is 0.451. The maximum Gasteiger partial charge on any atom is 0.248 e. The van der Waals surface area contributed by atoms with Crippen molar-refractivity contribution in [2.75, 3.05) is 25.0 Å². The SMILES string of the molecule is CNCC1CCCCN1c1cc(C(N)=O)ccn1. The van der Waals surface area contributed by atoms with E-state index in [1.165, 1.54) is 12.8 Å². The highest BCUT2D eigenvalue weighted by atomic mass is 16.1. The molecule has 1 aromatic rings. The Hall–Kier alpha value is -1.62. The first-order valence-corrected chi connectivity index (χ1v) is 6.39. The van der Waals surface area contributed by atoms with Crippen LogP contribution < -0.4 is 16.0 Å². The fourth-order valence-electron chi connectivity index (χ4n) is 2.48. The van der Waals surface area contributed by atoms with Gasteiger partial charge in [0.2, 0.25) is 5.91 Å². The van der Waals surface area contributed by atoms with E-state index in [4.69, 9.17) is 5.73 Å². The summed E-state index contributed by atoms with van der Waals surface area (Å²) in [5, 5.41) is 3.21. The zero-order chi connectivity index (χ0) is 13.0. The number of aromatic nitrogens is 1. The first-order valence-electron chi connectivity index (χ1n) is 6.39. The van der Waals surface area contributed by atoms with Crippen LogP contribution in [0.5, 0.6) is 0 Å². The van der Waals surface area contributed by atoms with E-state index >= 15 is 0 Å². The molecule has 2 rings (SSSR count). The fraction of sp³-hybridized carbons (Fsp3) is 0.538. The zero-order valence-electron chi connectivity index (χ0n) is 10.7. The van der Waals surface area contributed by atoms with Gasteiger partial charge in [0.05, 0.1) is 0 Å². The summed E-state index contributed by atoms with van der Waals surface area (Å²) in [6.45, 7) is 1.92. The lowest BCUT2D eigenvalue weighted by Crippen LogP contribution is -2.45. The Morgan fingerprint density at radius 1 is 1.61 bits per heavy atom. The van der Waals surface area contributed by atoms with E-state index in [1.807, 2.05) is 7.05 Å². The van der Waals surface area contributed by atoms with Crippen molar-refractivity contribution in [1.82, 2.24) is 10.3 Å². The minimum Gasteiger partial charge on any atom is -0.366 e. The van der Waals surface area contributed by atoms with Crippen LogP contribution in [0.25, 0.3) is 0 Å². The second-order valence-electron chi connectivity index (χ2n) is 4.67. The summed E-state index contributed by atoms with van der Waals surface area (Å²) in [7, 11) is 1.96. The Kier molecular flexibility index (Phi) is 4.15. The minimum absolute atomic E-state index is 0.402. The molecular formula is C13H20N4O. The van der Waals surface area contributed by atoms with Crippen LogP contribution in [0, 0.1) is 0 Å². The number of nitrogens with one attached hydrogen (secondary N) is 1. The number of nitrogens with zero attached hydrogens (tertiary/aromatic N) is 2. The summed E-state index contributed by atoms with van der Waals surface area (Å²) >= 11 is 0. The van der Waals surface area contributed by atoms with E-state index in [9.17, 15) is 4.79 Å². The third kappa shape index (κ3) is 2.79. The molecule has 0 saturated carbocycles. The number of anilines is 1. The average molecular weight is 248 g/mol. The van der Waals surface area contributed by atoms with Crippen molar-refractivity contribution in [2.24, 2.45) is 5.73 Å². The Morgan fingerprint density at radius 2 is 2.44 bits per heavy atom. The Labute approximate surface area is 107 Å². The molecule has 0 bridgehead atoms. The molecule has 0 aromatic carbocycles. The van der Waals surface area contributed by atoms with E-state index in [0.29, 0.717) is 11.6 Å². The molecule has 5 nitrogen and oxygen atoms in total. The maximum absolute atomic E-state index is 11.2. The predicted molar refractivity (Wildman–Crippen MR) is 71.7 cm³/mol. The molecule has 3 N–H and O–H groups in total. The number of hydrogen-bond donors (Lipinski definition) is 2. The van der Waals surface area contributed by atoms with E-state index in [0.717, 1.165) is 25.3 Å². The number of pyridine rings is 1. The first kappa shape index (κ1) is 12.8. The lowest BCUT2D eigenvalue weighted by Gasteiger charge is -2.36. The minimum atomic E-state index is -0.402. The third-order valence-corrected chi connectivity index (χ3v) is 3.39. The summed E-state index contributed by atoms with van der Waals surface area (Å²) in [5.41, 5.74) is 5.83. The number of amides is 1. The van der Waals surface area contributed by atoms with Crippen molar-refractivity contribution >= 4 is 11.7 Å². The fourth-order valence-corrected chi connectivity index (χ4v) is 2.48. The van der Waals surface area contributed by atoms with E-state index < -0.39 is 5.91 Å². The Bertz CT molecular complexity index is 419. The molecule has 1 aromatic heterocycles. The molecule has 0 aliphatic carbocycles. The van der Waals surface area contributed by atoms with Crippen LogP contribution in [-0.4, -0.2) is 37.1 Å². The van der Waals surface area contributed by atoms with Crippen molar-refractivity contribution in [3.63, 3.8) is 0 Å². The van der Waals surface area contributed by atoms with Crippen LogP contribution in [0.15, 0.2) is 18.3 Å². The van der Waals surface area contributed by atoms with Crippen molar-refractivity contribution in [1.29, 1.82) is 0 Å². The highest BCUT2D eigenvalue weighted by molar-refractivity contribution is 5.93. The number of carbonyl (C=O) groups excluding carboxylic acids is 1. The van der Waals surface area contributed by atoms with Gasteiger partial charge in [0.25, 0.3) is 0 Å². The number of carbonyl (C=O) groups is 1. The highest BCUT2D eigenvalue weighted by Crippen LogP contribution is 2.23. The molecule has 0 radical (unpaired) electrons. The van der Waals surface area contributed by atoms with Gasteiger partial charge in [0, 0.05) is 30.9 Å². The van der Waals surface area contributed by atoms with Crippen molar-refractivity contribution in [3.8, 4) is 0 Å². The number of likely N-dealkylation sites (N-methyl/N-ethyl adjacent to an activating group) is 1. The molecular weight excluding hydrogens is 228 g/mol. The number of primary amides is 1. The van der Waals surface area contributed by atoms with Crippen LogP contribution in [0.1, 0.15) is 29.6 Å². The van der Waals surface area contributed by atoms with Crippen LogP contribution in [0.4, 0.5) is 5.82 Å². The van der Waals surface area contributed by atoms with Gasteiger partial charge in [0.15, 0.2) is 0 Å². The van der Waals surface area contributed by atoms with Crippen LogP contribution >= 0.6 is 0 Å². The molecule has 1 aliphatic heterocycles. The van der Waals surface area contributed by atoms with Crippen LogP contribution in [-0.2, 0) is 0 Å². The third-order valence-electron chi connectivity index (χ3n) is 3.39. The first-order chi connectivity index (χ1) is 8.72. The topological polar surface area (TPSA) is 71.2 Å². The molecule has 18 heavy (non-hydrogen) atoms. The predicted octanol–water partition coefficient (Wildman–Crippen LogP) is 0.759. The van der Waals surface area contributed by atoms with Gasteiger partial charge in [-0.2, -0.15) is 0 Å². The molecule has 1 atom stereocenters. The van der Waals surface area contributed by atoms with Gasteiger partial charge in [-0.15, -0.1) is 0 Å². The standard InChI is InChI=1S/C13H20N4O/c1-15-9-11-4-2-3-7-17(11)12-8-10(13(14)18)5-6-16-12/h5-6,8,11,15H,2-4,7,9H2,1H3,(H2,14,18). The molecule has 2 heterocycles. The van der Waals surface area contributed by atoms with Gasteiger partial charge in [-0.3, -0.25) is 4.79 Å². The monoisotopic (exact) mass is 248 g/mol. The van der Waals surface area contributed by atoms with E-state index in [2.05, 4.69) is 15.2 Å². The van der Waals surface area contributed by atoms with Gasteiger partial charge >= 0.3 is 0 Å². The molecule has 1 saturated heterocycles. The second kappa shape index (κ2) is 5.82. The van der Waals surface area contributed by atoms with Crippen LogP contribution in [0.3, 0.4) is 0 Å². The van der Waals surface area contributed by atoms with E-state index in [-0.39, 0.29) is 0 Å². The molecule has 1 amide bonds. The second-order valence-corrected chi connectivity index (χ2v) is 4.67. The summed E-state index contributed by atoms with van der Waals surface area (Å²) < 4.78 is 0. The van der Waals surface area contributed by atoms with Crippen molar-refractivity contribution < 1.29 is 4.79 Å². The van der Waals surface area contributed by atoms with Crippen molar-refractivity contribution in [2.45, 2.75) is 25.3 Å². The maximum atomic E-state index is 11.2. The molecule has 5 heteroatoms. The van der Waals surface area contributed by atoms with Gasteiger partial charge in [-0.05, 0) is 38.4 Å².